The molecule has 0 radical (unpaired) electrons. The van der Waals surface area contributed by atoms with Crippen molar-refractivity contribution in [1.82, 2.24) is 0 Å². The number of hydrogen-bond acceptors (Lipinski definition) is 0. The summed E-state index contributed by atoms with van der Waals surface area (Å²) < 4.78 is 0. The zero-order chi connectivity index (χ0) is 10.1. The van der Waals surface area contributed by atoms with Crippen molar-refractivity contribution in [3.8, 4) is 0 Å². The molecule has 0 N–H and O–H groups in total. The molecule has 0 aromatic heterocycles. The van der Waals surface area contributed by atoms with Gasteiger partial charge in [-0.15, -0.1) is 0 Å². The van der Waals surface area contributed by atoms with E-state index in [2.05, 4.69) is 33.8 Å². The summed E-state index contributed by atoms with van der Waals surface area (Å²) in [4.78, 5) is 0. The fourth-order valence-electron chi connectivity index (χ4n) is 1.90. The van der Waals surface area contributed by atoms with Gasteiger partial charge in [0.25, 0.3) is 0 Å². The summed E-state index contributed by atoms with van der Waals surface area (Å²) in [5, 5.41) is 0. The molecule has 0 aromatic carbocycles. The maximum absolute atomic E-state index is 2.37. The average Bonchev–Trinajstić information content (AvgIpc) is 2.14. The molecule has 13 heavy (non-hydrogen) atoms. The number of hydrogen-bond donors (Lipinski definition) is 0. The van der Waals surface area contributed by atoms with Gasteiger partial charge < -0.3 is 0 Å². The fraction of sp³-hybridized carbons (Fsp3) is 0.846. The minimum absolute atomic E-state index is 0.812. The summed E-state index contributed by atoms with van der Waals surface area (Å²) in [5.74, 6) is 0.812. The van der Waals surface area contributed by atoms with Gasteiger partial charge in [0.05, 0.1) is 0 Å². The van der Waals surface area contributed by atoms with Crippen molar-refractivity contribution in [2.75, 3.05) is 0 Å². The zero-order valence-electron chi connectivity index (χ0n) is 9.90. The highest BCUT2D eigenvalue weighted by atomic mass is 14.1. The molecule has 0 amide bonds. The standard InChI is InChI=1S/C13H26/c1-5-8-9-10-11-12(4)13(6-2)7-3/h6,12H,5,7-11H2,1-4H3/b13-6+. The normalized spacial score (nSPS) is 14.6. The lowest BCUT2D eigenvalue weighted by Gasteiger charge is -2.13. The maximum atomic E-state index is 2.37. The van der Waals surface area contributed by atoms with Crippen molar-refractivity contribution in [3.05, 3.63) is 11.6 Å². The van der Waals surface area contributed by atoms with E-state index in [4.69, 9.17) is 0 Å². The Hall–Kier alpha value is -0.260. The molecule has 0 heterocycles. The van der Waals surface area contributed by atoms with Gasteiger partial charge in [-0.3, -0.25) is 0 Å². The van der Waals surface area contributed by atoms with Crippen molar-refractivity contribution in [2.24, 2.45) is 5.92 Å². The van der Waals surface area contributed by atoms with Gasteiger partial charge in [-0.25, -0.2) is 0 Å². The lowest BCUT2D eigenvalue weighted by molar-refractivity contribution is 0.533. The quantitative estimate of drug-likeness (QED) is 0.386. The molecule has 0 aliphatic heterocycles. The summed E-state index contributed by atoms with van der Waals surface area (Å²) >= 11 is 0. The van der Waals surface area contributed by atoms with Gasteiger partial charge in [0.15, 0.2) is 0 Å². The highest BCUT2D eigenvalue weighted by Gasteiger charge is 2.04. The second-order valence-electron chi connectivity index (χ2n) is 3.97. The molecule has 0 aliphatic carbocycles. The molecule has 0 spiro atoms. The third-order valence-electron chi connectivity index (χ3n) is 2.90. The third-order valence-corrected chi connectivity index (χ3v) is 2.90. The Kier molecular flexibility index (Phi) is 8.18. The van der Waals surface area contributed by atoms with Crippen molar-refractivity contribution in [2.45, 2.75) is 66.2 Å². The van der Waals surface area contributed by atoms with Crippen LogP contribution >= 0.6 is 0 Å². The number of rotatable bonds is 7. The Morgan fingerprint density at radius 2 is 1.85 bits per heavy atom. The summed E-state index contributed by atoms with van der Waals surface area (Å²) in [7, 11) is 0. The predicted octanol–water partition coefficient (Wildman–Crippen LogP) is 4.95. The molecule has 0 saturated carbocycles. The van der Waals surface area contributed by atoms with Crippen molar-refractivity contribution < 1.29 is 0 Å². The van der Waals surface area contributed by atoms with Gasteiger partial charge >= 0.3 is 0 Å². The third kappa shape index (κ3) is 5.90. The summed E-state index contributed by atoms with van der Waals surface area (Å²) in [5.41, 5.74) is 1.64. The average molecular weight is 182 g/mol. The Bertz CT molecular complexity index is 133. The van der Waals surface area contributed by atoms with Crippen molar-refractivity contribution in [3.63, 3.8) is 0 Å². The van der Waals surface area contributed by atoms with Crippen molar-refractivity contribution in [1.29, 1.82) is 0 Å². The van der Waals surface area contributed by atoms with E-state index in [0.717, 1.165) is 5.92 Å². The molecule has 1 unspecified atom stereocenters. The second-order valence-corrected chi connectivity index (χ2v) is 3.97. The molecule has 1 atom stereocenters. The number of allylic oxidation sites excluding steroid dienone is 2. The van der Waals surface area contributed by atoms with Crippen LogP contribution in [-0.2, 0) is 0 Å². The summed E-state index contributed by atoms with van der Waals surface area (Å²) in [6.07, 6.45) is 10.5. The minimum atomic E-state index is 0.812. The maximum Gasteiger partial charge on any atom is -0.0232 e. The van der Waals surface area contributed by atoms with E-state index in [0.29, 0.717) is 0 Å². The van der Waals surface area contributed by atoms with E-state index in [1.54, 1.807) is 5.57 Å². The van der Waals surface area contributed by atoms with Crippen LogP contribution in [0.25, 0.3) is 0 Å². The van der Waals surface area contributed by atoms with E-state index in [-0.39, 0.29) is 0 Å². The van der Waals surface area contributed by atoms with Crippen LogP contribution in [0.2, 0.25) is 0 Å². The number of unbranched alkanes of at least 4 members (excludes halogenated alkanes) is 3. The van der Waals surface area contributed by atoms with Crippen LogP contribution in [0.3, 0.4) is 0 Å². The van der Waals surface area contributed by atoms with Crippen LogP contribution in [-0.4, -0.2) is 0 Å². The fourth-order valence-corrected chi connectivity index (χ4v) is 1.90. The first-order valence-corrected chi connectivity index (χ1v) is 5.91. The minimum Gasteiger partial charge on any atom is -0.0882 e. The second kappa shape index (κ2) is 8.34. The van der Waals surface area contributed by atoms with Gasteiger partial charge in [0.1, 0.15) is 0 Å². The highest BCUT2D eigenvalue weighted by molar-refractivity contribution is 5.03. The van der Waals surface area contributed by atoms with E-state index < -0.39 is 0 Å². The van der Waals surface area contributed by atoms with Crippen molar-refractivity contribution >= 4 is 0 Å². The molecule has 0 heteroatoms. The lowest BCUT2D eigenvalue weighted by atomic mass is 9.93. The van der Waals surface area contributed by atoms with Crippen LogP contribution < -0.4 is 0 Å². The van der Waals surface area contributed by atoms with E-state index in [9.17, 15) is 0 Å². The first-order chi connectivity index (χ1) is 6.26. The summed E-state index contributed by atoms with van der Waals surface area (Å²) in [6.45, 7) is 9.07. The van der Waals surface area contributed by atoms with E-state index in [1.807, 2.05) is 0 Å². The zero-order valence-corrected chi connectivity index (χ0v) is 9.90. The molecular weight excluding hydrogens is 156 g/mol. The van der Waals surface area contributed by atoms with E-state index >= 15 is 0 Å². The Morgan fingerprint density at radius 3 is 2.31 bits per heavy atom. The van der Waals surface area contributed by atoms with Gasteiger partial charge in [-0.05, 0) is 25.7 Å². The van der Waals surface area contributed by atoms with Crippen LogP contribution in [0.1, 0.15) is 66.2 Å². The molecule has 78 valence electrons. The molecule has 0 fully saturated rings. The molecule has 0 bridgehead atoms. The first kappa shape index (κ1) is 12.7. The van der Waals surface area contributed by atoms with Gasteiger partial charge in [-0.1, -0.05) is 58.1 Å². The molecule has 0 aliphatic rings. The van der Waals surface area contributed by atoms with Crippen LogP contribution in [0, 0.1) is 5.92 Å². The molecule has 0 aromatic rings. The lowest BCUT2D eigenvalue weighted by Crippen LogP contribution is -1.98. The molecule has 0 nitrogen and oxygen atoms in total. The molecule has 0 rings (SSSR count). The van der Waals surface area contributed by atoms with Crippen LogP contribution in [0.5, 0.6) is 0 Å². The predicted molar refractivity (Wildman–Crippen MR) is 62.0 cm³/mol. The van der Waals surface area contributed by atoms with Crippen LogP contribution in [0.15, 0.2) is 11.6 Å². The van der Waals surface area contributed by atoms with E-state index in [1.165, 1.54) is 38.5 Å². The van der Waals surface area contributed by atoms with Gasteiger partial charge in [0.2, 0.25) is 0 Å². The smallest absolute Gasteiger partial charge is 0.0232 e. The van der Waals surface area contributed by atoms with Gasteiger partial charge in [-0.2, -0.15) is 0 Å². The topological polar surface area (TPSA) is 0 Å². The summed E-state index contributed by atoms with van der Waals surface area (Å²) in [6, 6.07) is 0. The monoisotopic (exact) mass is 182 g/mol. The van der Waals surface area contributed by atoms with Crippen LogP contribution in [0.4, 0.5) is 0 Å². The molecular formula is C13H26. The Labute approximate surface area is 84.4 Å². The Balaban J connectivity index is 3.55. The first-order valence-electron chi connectivity index (χ1n) is 5.91. The highest BCUT2D eigenvalue weighted by Crippen LogP contribution is 2.20. The SMILES string of the molecule is C/C=C(\CC)C(C)CCCCCC. The van der Waals surface area contributed by atoms with Gasteiger partial charge in [0, 0.05) is 0 Å². The molecule has 0 saturated heterocycles. The Morgan fingerprint density at radius 1 is 1.15 bits per heavy atom. The largest absolute Gasteiger partial charge is 0.0882 e.